The van der Waals surface area contributed by atoms with E-state index in [0.717, 1.165) is 27.8 Å². The van der Waals surface area contributed by atoms with Crippen molar-refractivity contribution in [1.82, 2.24) is 19.7 Å². The van der Waals surface area contributed by atoms with E-state index < -0.39 is 0 Å². The van der Waals surface area contributed by atoms with Gasteiger partial charge in [-0.3, -0.25) is 4.68 Å². The number of thiol groups is 1. The van der Waals surface area contributed by atoms with Gasteiger partial charge < -0.3 is 0 Å². The molecule has 0 saturated carbocycles. The molecule has 5 nitrogen and oxygen atoms in total. The molecule has 3 heterocycles. The van der Waals surface area contributed by atoms with Crippen LogP contribution in [0.2, 0.25) is 0 Å². The minimum atomic E-state index is 0.408. The van der Waals surface area contributed by atoms with Gasteiger partial charge in [-0.05, 0) is 17.7 Å². The van der Waals surface area contributed by atoms with E-state index in [2.05, 4.69) is 33.8 Å². The summed E-state index contributed by atoms with van der Waals surface area (Å²) in [6.45, 7) is 0. The summed E-state index contributed by atoms with van der Waals surface area (Å²) in [6, 6.07) is 15.9. The SMILES string of the molecule is Cn1cc2cc(-c3cc(-c4ccccc4)c(C#N)c(S)n3)cnc2n1. The van der Waals surface area contributed by atoms with Crippen LogP contribution in [0, 0.1) is 11.3 Å². The topological polar surface area (TPSA) is 67.4 Å². The van der Waals surface area contributed by atoms with Crippen molar-refractivity contribution >= 4 is 23.7 Å². The molecule has 120 valence electrons. The van der Waals surface area contributed by atoms with Gasteiger partial charge in [0, 0.05) is 36.0 Å². The van der Waals surface area contributed by atoms with Gasteiger partial charge in [0.15, 0.2) is 5.65 Å². The van der Waals surface area contributed by atoms with Gasteiger partial charge in [0.05, 0.1) is 11.3 Å². The van der Waals surface area contributed by atoms with E-state index in [1.54, 1.807) is 10.9 Å². The Balaban J connectivity index is 1.92. The van der Waals surface area contributed by atoms with Gasteiger partial charge in [-0.2, -0.15) is 10.4 Å². The molecule has 0 fully saturated rings. The number of hydrogen-bond donors (Lipinski definition) is 1. The maximum absolute atomic E-state index is 9.50. The second-order valence-corrected chi connectivity index (χ2v) is 6.09. The molecule has 0 bridgehead atoms. The van der Waals surface area contributed by atoms with Gasteiger partial charge in [-0.1, -0.05) is 30.3 Å². The first-order valence-corrected chi connectivity index (χ1v) is 8.10. The molecule has 4 rings (SSSR count). The van der Waals surface area contributed by atoms with Crippen molar-refractivity contribution in [3.05, 3.63) is 60.4 Å². The second kappa shape index (κ2) is 6.04. The molecular formula is C19H13N5S. The average molecular weight is 343 g/mol. The standard InChI is InChI=1S/C19H13N5S/c1-24-11-14-7-13(10-21-18(14)23-24)17-8-15(12-5-3-2-4-6-12)16(9-20)19(25)22-17/h2-8,10-11H,1H3,(H,22,25). The fourth-order valence-corrected chi connectivity index (χ4v) is 3.09. The molecule has 6 heteroatoms. The third-order valence-corrected chi connectivity index (χ3v) is 4.29. The lowest BCUT2D eigenvalue weighted by atomic mass is 9.99. The molecule has 0 N–H and O–H groups in total. The highest BCUT2D eigenvalue weighted by Crippen LogP contribution is 2.31. The van der Waals surface area contributed by atoms with E-state index in [0.29, 0.717) is 16.2 Å². The summed E-state index contributed by atoms with van der Waals surface area (Å²) < 4.78 is 1.73. The Bertz CT molecular complexity index is 1130. The van der Waals surface area contributed by atoms with Crippen LogP contribution in [0.5, 0.6) is 0 Å². The predicted molar refractivity (Wildman–Crippen MR) is 99.1 cm³/mol. The summed E-state index contributed by atoms with van der Waals surface area (Å²) in [5, 5.41) is 15.1. The zero-order valence-electron chi connectivity index (χ0n) is 13.4. The van der Waals surface area contributed by atoms with Crippen molar-refractivity contribution in [2.45, 2.75) is 5.03 Å². The second-order valence-electron chi connectivity index (χ2n) is 5.67. The molecule has 0 aliphatic carbocycles. The van der Waals surface area contributed by atoms with Crippen molar-refractivity contribution in [2.24, 2.45) is 7.05 Å². The molecule has 0 unspecified atom stereocenters. The van der Waals surface area contributed by atoms with E-state index in [4.69, 9.17) is 0 Å². The normalized spacial score (nSPS) is 10.8. The van der Waals surface area contributed by atoms with Crippen LogP contribution in [0.3, 0.4) is 0 Å². The molecule has 0 aliphatic rings. The van der Waals surface area contributed by atoms with Gasteiger partial charge in [0.2, 0.25) is 0 Å². The largest absolute Gasteiger partial charge is 0.273 e. The van der Waals surface area contributed by atoms with E-state index in [-0.39, 0.29) is 0 Å². The van der Waals surface area contributed by atoms with Crippen LogP contribution in [0.1, 0.15) is 5.56 Å². The number of nitriles is 1. The number of pyridine rings is 2. The number of hydrogen-bond acceptors (Lipinski definition) is 5. The van der Waals surface area contributed by atoms with Crippen molar-refractivity contribution in [3.63, 3.8) is 0 Å². The maximum atomic E-state index is 9.50. The Labute approximate surface area is 150 Å². The molecule has 3 aromatic heterocycles. The molecule has 0 radical (unpaired) electrons. The van der Waals surface area contributed by atoms with Crippen LogP contribution in [0.25, 0.3) is 33.4 Å². The van der Waals surface area contributed by atoms with E-state index in [9.17, 15) is 5.26 Å². The summed E-state index contributed by atoms with van der Waals surface area (Å²) in [4.78, 5) is 8.88. The Kier molecular flexibility index (Phi) is 3.71. The lowest BCUT2D eigenvalue weighted by Gasteiger charge is -2.10. The minimum absolute atomic E-state index is 0.408. The molecule has 1 aromatic carbocycles. The highest BCUT2D eigenvalue weighted by atomic mass is 32.1. The van der Waals surface area contributed by atoms with Crippen molar-refractivity contribution in [3.8, 4) is 28.5 Å². The first-order valence-electron chi connectivity index (χ1n) is 7.65. The highest BCUT2D eigenvalue weighted by Gasteiger charge is 2.14. The van der Waals surface area contributed by atoms with Gasteiger partial charge in [-0.25, -0.2) is 9.97 Å². The number of rotatable bonds is 2. The predicted octanol–water partition coefficient (Wildman–Crippen LogP) is 3.86. The average Bonchev–Trinajstić information content (AvgIpc) is 3.01. The van der Waals surface area contributed by atoms with Gasteiger partial charge in [0.1, 0.15) is 11.1 Å². The van der Waals surface area contributed by atoms with Crippen LogP contribution in [0.15, 0.2) is 59.9 Å². The Hall–Kier alpha value is -3.17. The smallest absolute Gasteiger partial charge is 0.181 e. The molecular weight excluding hydrogens is 330 g/mol. The summed E-state index contributed by atoms with van der Waals surface area (Å²) >= 11 is 4.42. The van der Waals surface area contributed by atoms with Gasteiger partial charge in [-0.15, -0.1) is 12.6 Å². The third-order valence-electron chi connectivity index (χ3n) is 3.97. The van der Waals surface area contributed by atoms with E-state index in [1.807, 2.05) is 55.7 Å². The fraction of sp³-hybridized carbons (Fsp3) is 0.0526. The minimum Gasteiger partial charge on any atom is -0.273 e. The van der Waals surface area contributed by atoms with Crippen LogP contribution in [-0.2, 0) is 7.05 Å². The number of nitrogens with zero attached hydrogens (tertiary/aromatic N) is 5. The number of fused-ring (bicyclic) bond motifs is 1. The first-order chi connectivity index (χ1) is 12.2. The van der Waals surface area contributed by atoms with E-state index in [1.165, 1.54) is 0 Å². The Morgan fingerprint density at radius 1 is 1.12 bits per heavy atom. The molecule has 4 aromatic rings. The zero-order chi connectivity index (χ0) is 17.4. The molecule has 0 saturated heterocycles. The molecule has 25 heavy (non-hydrogen) atoms. The van der Waals surface area contributed by atoms with Crippen LogP contribution < -0.4 is 0 Å². The fourth-order valence-electron chi connectivity index (χ4n) is 2.81. The quantitative estimate of drug-likeness (QED) is 0.561. The Morgan fingerprint density at radius 3 is 2.68 bits per heavy atom. The van der Waals surface area contributed by atoms with Crippen LogP contribution in [0.4, 0.5) is 0 Å². The molecule has 0 aliphatic heterocycles. The van der Waals surface area contributed by atoms with Crippen LogP contribution >= 0.6 is 12.6 Å². The zero-order valence-corrected chi connectivity index (χ0v) is 14.3. The number of aryl methyl sites for hydroxylation is 1. The summed E-state index contributed by atoms with van der Waals surface area (Å²) in [7, 11) is 1.86. The molecule has 0 spiro atoms. The highest BCUT2D eigenvalue weighted by molar-refractivity contribution is 7.80. The van der Waals surface area contributed by atoms with Crippen molar-refractivity contribution in [2.75, 3.05) is 0 Å². The lowest BCUT2D eigenvalue weighted by Crippen LogP contribution is -1.94. The summed E-state index contributed by atoms with van der Waals surface area (Å²) in [6.07, 6.45) is 3.65. The first kappa shape index (κ1) is 15.4. The maximum Gasteiger partial charge on any atom is 0.181 e. The number of benzene rings is 1. The molecule has 0 amide bonds. The Morgan fingerprint density at radius 2 is 1.92 bits per heavy atom. The van der Waals surface area contributed by atoms with Crippen LogP contribution in [-0.4, -0.2) is 19.7 Å². The third kappa shape index (κ3) is 2.75. The van der Waals surface area contributed by atoms with Crippen molar-refractivity contribution < 1.29 is 0 Å². The van der Waals surface area contributed by atoms with Crippen molar-refractivity contribution in [1.29, 1.82) is 5.26 Å². The summed E-state index contributed by atoms with van der Waals surface area (Å²) in [5.74, 6) is 0. The van der Waals surface area contributed by atoms with Gasteiger partial charge in [0.25, 0.3) is 0 Å². The molecule has 0 atom stereocenters. The summed E-state index contributed by atoms with van der Waals surface area (Å²) in [5.41, 5.74) is 4.50. The van der Waals surface area contributed by atoms with Gasteiger partial charge >= 0.3 is 0 Å². The monoisotopic (exact) mass is 343 g/mol. The number of aromatic nitrogens is 4. The lowest BCUT2D eigenvalue weighted by molar-refractivity contribution is 0.776. The van der Waals surface area contributed by atoms with E-state index >= 15 is 0 Å².